The number of aryl methyl sites for hydroxylation is 1. The molecular weight excluding hydrogens is 429 g/mol. The molecule has 0 spiro atoms. The summed E-state index contributed by atoms with van der Waals surface area (Å²) in [4.78, 5) is 49.9. The van der Waals surface area contributed by atoms with Gasteiger partial charge < -0.3 is 20.6 Å². The summed E-state index contributed by atoms with van der Waals surface area (Å²) in [5, 5.41) is 14.0. The molecule has 8 nitrogen and oxygen atoms in total. The van der Waals surface area contributed by atoms with E-state index in [9.17, 15) is 28.7 Å². The van der Waals surface area contributed by atoms with Crippen LogP contribution in [0.25, 0.3) is 11.1 Å². The van der Waals surface area contributed by atoms with Crippen LogP contribution in [0.4, 0.5) is 9.18 Å². The van der Waals surface area contributed by atoms with Crippen LogP contribution >= 0.6 is 0 Å². The van der Waals surface area contributed by atoms with Crippen molar-refractivity contribution in [2.24, 2.45) is 0 Å². The minimum absolute atomic E-state index is 0.0268. The molecule has 3 amide bonds. The average Bonchev–Trinajstić information content (AvgIpc) is 2.75. The number of aliphatic carboxylic acids is 1. The SMILES string of the molecule is CC1=CN(C)C(=O)C(NC(=O)NC(CC(=O)O)c2cc(-c3cccc(C)c3)ccc2F)C1=O. The molecule has 2 atom stereocenters. The molecule has 3 N–H and O–H groups in total. The van der Waals surface area contributed by atoms with Gasteiger partial charge >= 0.3 is 12.0 Å². The fraction of sp³-hybridized carbons (Fsp3) is 0.250. The molecule has 172 valence electrons. The van der Waals surface area contributed by atoms with Crippen LogP contribution in [0.1, 0.15) is 30.5 Å². The lowest BCUT2D eigenvalue weighted by Gasteiger charge is -2.27. The minimum Gasteiger partial charge on any atom is -0.481 e. The predicted octanol–water partition coefficient (Wildman–Crippen LogP) is 2.93. The molecule has 0 aliphatic carbocycles. The highest BCUT2D eigenvalue weighted by molar-refractivity contribution is 6.16. The third-order valence-corrected chi connectivity index (χ3v) is 5.32. The van der Waals surface area contributed by atoms with Gasteiger partial charge in [-0.3, -0.25) is 14.4 Å². The van der Waals surface area contributed by atoms with Crippen molar-refractivity contribution in [3.05, 3.63) is 71.2 Å². The molecule has 3 rings (SSSR count). The Labute approximate surface area is 190 Å². The third-order valence-electron chi connectivity index (χ3n) is 5.32. The Hall–Kier alpha value is -4.01. The smallest absolute Gasteiger partial charge is 0.316 e. The minimum atomic E-state index is -1.45. The Bertz CT molecular complexity index is 1160. The van der Waals surface area contributed by atoms with Gasteiger partial charge in [0, 0.05) is 24.4 Å². The fourth-order valence-corrected chi connectivity index (χ4v) is 3.65. The maximum absolute atomic E-state index is 14.7. The molecule has 1 aliphatic heterocycles. The number of halogens is 1. The lowest BCUT2D eigenvalue weighted by atomic mass is 9.96. The number of likely N-dealkylation sites (N-methyl/N-ethyl adjacent to an activating group) is 1. The molecule has 0 saturated carbocycles. The third kappa shape index (κ3) is 5.43. The second kappa shape index (κ2) is 9.64. The molecule has 1 heterocycles. The molecule has 2 aromatic rings. The predicted molar refractivity (Wildman–Crippen MR) is 119 cm³/mol. The number of carboxylic acids is 1. The van der Waals surface area contributed by atoms with Gasteiger partial charge in [0.15, 0.2) is 11.8 Å². The van der Waals surface area contributed by atoms with E-state index in [1.165, 1.54) is 37.2 Å². The van der Waals surface area contributed by atoms with Crippen molar-refractivity contribution in [3.63, 3.8) is 0 Å². The van der Waals surface area contributed by atoms with Crippen LogP contribution in [0, 0.1) is 12.7 Å². The molecule has 0 bridgehead atoms. The van der Waals surface area contributed by atoms with Crippen LogP contribution in [0.5, 0.6) is 0 Å². The van der Waals surface area contributed by atoms with Crippen LogP contribution in [-0.4, -0.2) is 46.8 Å². The number of hydrogen-bond donors (Lipinski definition) is 3. The quantitative estimate of drug-likeness (QED) is 0.582. The molecule has 33 heavy (non-hydrogen) atoms. The fourth-order valence-electron chi connectivity index (χ4n) is 3.65. The van der Waals surface area contributed by atoms with Gasteiger partial charge in [0.05, 0.1) is 12.5 Å². The van der Waals surface area contributed by atoms with Gasteiger partial charge in [-0.1, -0.05) is 35.9 Å². The van der Waals surface area contributed by atoms with E-state index < -0.39 is 48.0 Å². The lowest BCUT2D eigenvalue weighted by Crippen LogP contribution is -2.56. The van der Waals surface area contributed by atoms with Crippen molar-refractivity contribution in [1.29, 1.82) is 0 Å². The number of benzene rings is 2. The van der Waals surface area contributed by atoms with Gasteiger partial charge in [-0.2, -0.15) is 0 Å². The van der Waals surface area contributed by atoms with Crippen molar-refractivity contribution < 1.29 is 28.7 Å². The summed E-state index contributed by atoms with van der Waals surface area (Å²) < 4.78 is 14.7. The summed E-state index contributed by atoms with van der Waals surface area (Å²) in [6.07, 6.45) is 0.757. The van der Waals surface area contributed by atoms with Gasteiger partial charge in [-0.15, -0.1) is 0 Å². The van der Waals surface area contributed by atoms with Crippen molar-refractivity contribution in [3.8, 4) is 11.1 Å². The summed E-state index contributed by atoms with van der Waals surface area (Å²) in [6, 6.07) is 8.10. The van der Waals surface area contributed by atoms with Crippen molar-refractivity contribution in [2.45, 2.75) is 32.4 Å². The lowest BCUT2D eigenvalue weighted by molar-refractivity contribution is -0.138. The molecule has 0 fully saturated rings. The zero-order valence-corrected chi connectivity index (χ0v) is 18.4. The molecule has 0 radical (unpaired) electrons. The Balaban J connectivity index is 1.87. The van der Waals surface area contributed by atoms with Crippen molar-refractivity contribution in [2.75, 3.05) is 7.05 Å². The molecule has 0 aromatic heterocycles. The zero-order valence-electron chi connectivity index (χ0n) is 18.4. The highest BCUT2D eigenvalue weighted by Crippen LogP contribution is 2.28. The van der Waals surface area contributed by atoms with Crippen LogP contribution < -0.4 is 10.6 Å². The van der Waals surface area contributed by atoms with E-state index in [1.54, 1.807) is 6.07 Å². The molecular formula is C24H24FN3O5. The number of urea groups is 1. The zero-order chi connectivity index (χ0) is 24.3. The standard InChI is InChI=1S/C24H24FN3O5/c1-13-5-4-6-15(9-13)16-7-8-18(25)17(10-16)19(11-20(29)30)26-24(33)27-21-22(31)14(2)12-28(3)23(21)32/h4-10,12,19,21H,11H2,1-3H3,(H,29,30)(H2,26,27,33). The first kappa shape index (κ1) is 23.6. The number of nitrogens with zero attached hydrogens (tertiary/aromatic N) is 1. The van der Waals surface area contributed by atoms with Crippen LogP contribution in [0.15, 0.2) is 54.2 Å². The molecule has 2 aromatic carbocycles. The van der Waals surface area contributed by atoms with Crippen LogP contribution in [0.2, 0.25) is 0 Å². The van der Waals surface area contributed by atoms with Gasteiger partial charge in [-0.25, -0.2) is 9.18 Å². The Morgan fingerprint density at radius 1 is 1.12 bits per heavy atom. The molecule has 2 unspecified atom stereocenters. The highest BCUT2D eigenvalue weighted by atomic mass is 19.1. The first-order chi connectivity index (χ1) is 15.6. The summed E-state index contributed by atoms with van der Waals surface area (Å²) in [5.41, 5.74) is 2.70. The van der Waals surface area contributed by atoms with Crippen molar-refractivity contribution in [1.82, 2.24) is 15.5 Å². The van der Waals surface area contributed by atoms with Crippen LogP contribution in [-0.2, 0) is 14.4 Å². The van der Waals surface area contributed by atoms with E-state index in [0.29, 0.717) is 5.56 Å². The van der Waals surface area contributed by atoms with E-state index >= 15 is 0 Å². The number of carbonyl (C=O) groups excluding carboxylic acids is 3. The number of hydrogen-bond acceptors (Lipinski definition) is 4. The van der Waals surface area contributed by atoms with E-state index in [2.05, 4.69) is 10.6 Å². The van der Waals surface area contributed by atoms with E-state index in [-0.39, 0.29) is 11.1 Å². The van der Waals surface area contributed by atoms with Crippen LogP contribution in [0.3, 0.4) is 0 Å². The summed E-state index contributed by atoms with van der Waals surface area (Å²) in [7, 11) is 1.45. The Morgan fingerprint density at radius 2 is 1.82 bits per heavy atom. The number of nitrogens with one attached hydrogen (secondary N) is 2. The van der Waals surface area contributed by atoms with E-state index in [4.69, 9.17) is 0 Å². The Kier molecular flexibility index (Phi) is 6.91. The second-order valence-electron chi connectivity index (χ2n) is 7.93. The number of amides is 3. The summed E-state index contributed by atoms with van der Waals surface area (Å²) >= 11 is 0. The molecule has 1 aliphatic rings. The maximum Gasteiger partial charge on any atom is 0.316 e. The number of ketones is 1. The maximum atomic E-state index is 14.7. The number of carboxylic acid groups (broad SMARTS) is 1. The number of carbonyl (C=O) groups is 4. The monoisotopic (exact) mass is 453 g/mol. The second-order valence-corrected chi connectivity index (χ2v) is 7.93. The normalized spacial score (nSPS) is 16.8. The number of rotatable bonds is 6. The summed E-state index contributed by atoms with van der Waals surface area (Å²) in [5.74, 6) is -3.16. The molecule has 0 saturated heterocycles. The molecule has 9 heteroatoms. The summed E-state index contributed by atoms with van der Waals surface area (Å²) in [6.45, 7) is 3.42. The van der Waals surface area contributed by atoms with Gasteiger partial charge in [0.2, 0.25) is 0 Å². The number of Topliss-reactive ketones (excluding diaryl/α,β-unsaturated/α-hetero) is 1. The average molecular weight is 453 g/mol. The van der Waals surface area contributed by atoms with Crippen molar-refractivity contribution >= 4 is 23.7 Å². The van der Waals surface area contributed by atoms with Gasteiger partial charge in [0.25, 0.3) is 5.91 Å². The Morgan fingerprint density at radius 3 is 2.48 bits per heavy atom. The van der Waals surface area contributed by atoms with E-state index in [1.807, 2.05) is 31.2 Å². The van der Waals surface area contributed by atoms with E-state index in [0.717, 1.165) is 11.1 Å². The largest absolute Gasteiger partial charge is 0.481 e. The topological polar surface area (TPSA) is 116 Å². The first-order valence-corrected chi connectivity index (χ1v) is 10.2. The first-order valence-electron chi connectivity index (χ1n) is 10.2. The highest BCUT2D eigenvalue weighted by Gasteiger charge is 2.35. The van der Waals surface area contributed by atoms with Gasteiger partial charge in [-0.05, 0) is 37.1 Å². The van der Waals surface area contributed by atoms with Gasteiger partial charge in [0.1, 0.15) is 5.82 Å².